The SMILES string of the molecule is CC(C(=O)N1CCN(Cc2cccc(Cl)c2)c2ccccc21)N1CCN(C)CC1. The first-order valence-electron chi connectivity index (χ1n) is 10.4. The molecule has 0 aromatic heterocycles. The highest BCUT2D eigenvalue weighted by Crippen LogP contribution is 2.34. The lowest BCUT2D eigenvalue weighted by Crippen LogP contribution is -2.55. The predicted octanol–water partition coefficient (Wildman–Crippen LogP) is 3.33. The molecule has 0 saturated carbocycles. The molecule has 1 amide bonds. The molecule has 2 aromatic carbocycles. The van der Waals surface area contributed by atoms with Gasteiger partial charge >= 0.3 is 0 Å². The highest BCUT2D eigenvalue weighted by molar-refractivity contribution is 6.30. The van der Waals surface area contributed by atoms with Crippen LogP contribution in [0.2, 0.25) is 5.02 Å². The Morgan fingerprint density at radius 3 is 2.41 bits per heavy atom. The van der Waals surface area contributed by atoms with Gasteiger partial charge in [-0.25, -0.2) is 0 Å². The molecule has 4 rings (SSSR count). The second-order valence-corrected chi connectivity index (χ2v) is 8.48. The van der Waals surface area contributed by atoms with Crippen molar-refractivity contribution >= 4 is 28.9 Å². The zero-order chi connectivity index (χ0) is 20.4. The van der Waals surface area contributed by atoms with E-state index in [-0.39, 0.29) is 11.9 Å². The number of anilines is 2. The fraction of sp³-hybridized carbons (Fsp3) is 0.435. The Bertz CT molecular complexity index is 865. The van der Waals surface area contributed by atoms with Crippen molar-refractivity contribution in [3.63, 3.8) is 0 Å². The van der Waals surface area contributed by atoms with Gasteiger partial charge in [-0.05, 0) is 43.8 Å². The molecule has 5 nitrogen and oxygen atoms in total. The van der Waals surface area contributed by atoms with Crippen molar-refractivity contribution < 1.29 is 4.79 Å². The number of para-hydroxylation sites is 2. The van der Waals surface area contributed by atoms with Crippen molar-refractivity contribution in [2.24, 2.45) is 0 Å². The Labute approximate surface area is 178 Å². The number of fused-ring (bicyclic) bond motifs is 1. The molecule has 2 aromatic rings. The minimum atomic E-state index is -0.101. The van der Waals surface area contributed by atoms with Crippen LogP contribution in [0.5, 0.6) is 0 Å². The third-order valence-electron chi connectivity index (χ3n) is 6.08. The zero-order valence-corrected chi connectivity index (χ0v) is 18.0. The lowest BCUT2D eigenvalue weighted by molar-refractivity contribution is -0.123. The molecule has 0 spiro atoms. The van der Waals surface area contributed by atoms with Crippen molar-refractivity contribution in [3.8, 4) is 0 Å². The van der Waals surface area contributed by atoms with Crippen molar-refractivity contribution in [1.82, 2.24) is 9.80 Å². The van der Waals surface area contributed by atoms with E-state index in [0.717, 1.165) is 55.7 Å². The number of hydrogen-bond acceptors (Lipinski definition) is 4. The predicted molar refractivity (Wildman–Crippen MR) is 120 cm³/mol. The van der Waals surface area contributed by atoms with Crippen molar-refractivity contribution in [2.45, 2.75) is 19.5 Å². The van der Waals surface area contributed by atoms with E-state index in [1.165, 1.54) is 5.56 Å². The van der Waals surface area contributed by atoms with Gasteiger partial charge in [-0.2, -0.15) is 0 Å². The Morgan fingerprint density at radius 1 is 0.966 bits per heavy atom. The van der Waals surface area contributed by atoms with E-state index in [4.69, 9.17) is 11.6 Å². The van der Waals surface area contributed by atoms with Gasteiger partial charge in [-0.15, -0.1) is 0 Å². The Balaban J connectivity index is 1.52. The van der Waals surface area contributed by atoms with E-state index in [1.807, 2.05) is 35.2 Å². The van der Waals surface area contributed by atoms with E-state index >= 15 is 0 Å². The standard InChI is InChI=1S/C23H29ClN4O/c1-18(26-12-10-25(2)11-13-26)23(29)28-15-14-27(21-8-3-4-9-22(21)28)17-19-6-5-7-20(24)16-19/h3-9,16,18H,10-15,17H2,1-2H3. The molecule has 2 aliphatic rings. The second-order valence-electron chi connectivity index (χ2n) is 8.05. The van der Waals surface area contributed by atoms with Crippen LogP contribution < -0.4 is 9.80 Å². The van der Waals surface area contributed by atoms with Crippen LogP contribution in [0.3, 0.4) is 0 Å². The maximum Gasteiger partial charge on any atom is 0.244 e. The molecule has 1 atom stereocenters. The third-order valence-corrected chi connectivity index (χ3v) is 6.31. The van der Waals surface area contributed by atoms with Crippen LogP contribution in [-0.4, -0.2) is 68.1 Å². The summed E-state index contributed by atoms with van der Waals surface area (Å²) in [6.07, 6.45) is 0. The maximum atomic E-state index is 13.4. The van der Waals surface area contributed by atoms with Gasteiger partial charge < -0.3 is 14.7 Å². The van der Waals surface area contributed by atoms with E-state index in [9.17, 15) is 4.79 Å². The molecular formula is C23H29ClN4O. The van der Waals surface area contributed by atoms with Crippen molar-refractivity contribution in [1.29, 1.82) is 0 Å². The summed E-state index contributed by atoms with van der Waals surface area (Å²) in [5.74, 6) is 0.199. The lowest BCUT2D eigenvalue weighted by atomic mass is 10.1. The molecule has 6 heteroatoms. The summed E-state index contributed by atoms with van der Waals surface area (Å²) in [6, 6.07) is 16.1. The van der Waals surface area contributed by atoms with Gasteiger partial charge in [-0.1, -0.05) is 35.9 Å². The molecule has 29 heavy (non-hydrogen) atoms. The highest BCUT2D eigenvalue weighted by atomic mass is 35.5. The quantitative estimate of drug-likeness (QED) is 0.770. The van der Waals surface area contributed by atoms with Gasteiger partial charge in [0.2, 0.25) is 5.91 Å². The van der Waals surface area contributed by atoms with Crippen LogP contribution in [0, 0.1) is 0 Å². The smallest absolute Gasteiger partial charge is 0.244 e. The van der Waals surface area contributed by atoms with E-state index in [1.54, 1.807) is 0 Å². The van der Waals surface area contributed by atoms with Gasteiger partial charge in [0.25, 0.3) is 0 Å². The average Bonchev–Trinajstić information content (AvgIpc) is 2.74. The fourth-order valence-electron chi connectivity index (χ4n) is 4.26. The zero-order valence-electron chi connectivity index (χ0n) is 17.2. The van der Waals surface area contributed by atoms with Crippen molar-refractivity contribution in [3.05, 3.63) is 59.1 Å². The van der Waals surface area contributed by atoms with Gasteiger partial charge in [-0.3, -0.25) is 9.69 Å². The van der Waals surface area contributed by atoms with Gasteiger partial charge in [0.15, 0.2) is 0 Å². The third kappa shape index (κ3) is 4.42. The number of rotatable bonds is 4. The Kier molecular flexibility index (Phi) is 6.09. The summed E-state index contributed by atoms with van der Waals surface area (Å²) in [5.41, 5.74) is 3.29. The molecule has 1 fully saturated rings. The molecule has 154 valence electrons. The van der Waals surface area contributed by atoms with Crippen LogP contribution >= 0.6 is 11.6 Å². The number of amides is 1. The number of benzene rings is 2. The minimum Gasteiger partial charge on any atom is -0.364 e. The molecule has 0 N–H and O–H groups in total. The summed E-state index contributed by atoms with van der Waals surface area (Å²) in [5, 5.41) is 0.755. The van der Waals surface area contributed by atoms with Crippen LogP contribution in [0.4, 0.5) is 11.4 Å². The molecule has 0 bridgehead atoms. The number of hydrogen-bond donors (Lipinski definition) is 0. The topological polar surface area (TPSA) is 30.0 Å². The van der Waals surface area contributed by atoms with Gasteiger partial charge in [0.05, 0.1) is 17.4 Å². The maximum absolute atomic E-state index is 13.4. The molecule has 1 unspecified atom stereocenters. The number of carbonyl (C=O) groups excluding carboxylic acids is 1. The number of nitrogens with zero attached hydrogens (tertiary/aromatic N) is 4. The number of piperazine rings is 1. The summed E-state index contributed by atoms with van der Waals surface area (Å²) >= 11 is 6.17. The number of halogens is 1. The first kappa shape index (κ1) is 20.2. The largest absolute Gasteiger partial charge is 0.364 e. The summed E-state index contributed by atoms with van der Waals surface area (Å²) < 4.78 is 0. The average molecular weight is 413 g/mol. The molecule has 1 saturated heterocycles. The normalized spacial score (nSPS) is 19.1. The van der Waals surface area contributed by atoms with E-state index in [2.05, 4.69) is 46.9 Å². The van der Waals surface area contributed by atoms with Crippen LogP contribution in [-0.2, 0) is 11.3 Å². The Hall–Kier alpha value is -2.08. The first-order valence-corrected chi connectivity index (χ1v) is 10.7. The molecular weight excluding hydrogens is 384 g/mol. The summed E-state index contributed by atoms with van der Waals surface area (Å²) in [7, 11) is 2.14. The van der Waals surface area contributed by atoms with Gasteiger partial charge in [0, 0.05) is 50.8 Å². The second kappa shape index (κ2) is 8.74. The van der Waals surface area contributed by atoms with Crippen LogP contribution in [0.15, 0.2) is 48.5 Å². The Morgan fingerprint density at radius 2 is 1.69 bits per heavy atom. The van der Waals surface area contributed by atoms with Crippen LogP contribution in [0.25, 0.3) is 0 Å². The monoisotopic (exact) mass is 412 g/mol. The minimum absolute atomic E-state index is 0.101. The summed E-state index contributed by atoms with van der Waals surface area (Å²) in [4.78, 5) is 22.3. The van der Waals surface area contributed by atoms with E-state index < -0.39 is 0 Å². The highest BCUT2D eigenvalue weighted by Gasteiger charge is 2.32. The molecule has 0 aliphatic carbocycles. The van der Waals surface area contributed by atoms with Crippen molar-refractivity contribution in [2.75, 3.05) is 56.1 Å². The number of carbonyl (C=O) groups is 1. The molecule has 0 radical (unpaired) electrons. The first-order chi connectivity index (χ1) is 14.0. The number of likely N-dealkylation sites (N-methyl/N-ethyl adjacent to an activating group) is 1. The van der Waals surface area contributed by atoms with Gasteiger partial charge in [0.1, 0.15) is 0 Å². The summed E-state index contributed by atoms with van der Waals surface area (Å²) in [6.45, 7) is 8.27. The lowest BCUT2D eigenvalue weighted by Gasteiger charge is -2.41. The molecule has 2 heterocycles. The van der Waals surface area contributed by atoms with Crippen LogP contribution in [0.1, 0.15) is 12.5 Å². The fourth-order valence-corrected chi connectivity index (χ4v) is 4.47. The van der Waals surface area contributed by atoms with E-state index in [0.29, 0.717) is 6.54 Å². The molecule has 2 aliphatic heterocycles.